The molecule has 0 atom stereocenters. The van der Waals surface area contributed by atoms with Crippen molar-refractivity contribution in [2.75, 3.05) is 6.54 Å². The monoisotopic (exact) mass is 307 g/mol. The Morgan fingerprint density at radius 2 is 2.45 bits per heavy atom. The van der Waals surface area contributed by atoms with E-state index >= 15 is 0 Å². The van der Waals surface area contributed by atoms with E-state index in [1.807, 2.05) is 11.6 Å². The second-order valence-electron chi connectivity index (χ2n) is 4.04. The maximum atomic E-state index is 11.3. The van der Waals surface area contributed by atoms with Crippen LogP contribution in [-0.4, -0.2) is 25.9 Å². The van der Waals surface area contributed by atoms with Crippen molar-refractivity contribution >= 4 is 28.1 Å². The average Bonchev–Trinajstić information content (AvgIpc) is 2.98. The highest BCUT2D eigenvalue weighted by Gasteiger charge is 2.14. The molecular formula is C12H13N5OS2. The van der Waals surface area contributed by atoms with Gasteiger partial charge in [-0.3, -0.25) is 9.20 Å². The van der Waals surface area contributed by atoms with Gasteiger partial charge in [0.15, 0.2) is 10.1 Å². The number of imidazole rings is 1. The zero-order chi connectivity index (χ0) is 13.9. The number of aromatic amines is 1. The number of hydrogen-bond donors (Lipinski definition) is 2. The molecule has 6 nitrogen and oxygen atoms in total. The quantitative estimate of drug-likeness (QED) is 0.702. The number of thiazole rings is 1. The van der Waals surface area contributed by atoms with Gasteiger partial charge < -0.3 is 10.3 Å². The Bertz CT molecular complexity index is 775. The fourth-order valence-corrected chi connectivity index (χ4v) is 3.45. The van der Waals surface area contributed by atoms with Crippen LogP contribution in [0.4, 0.5) is 0 Å². The van der Waals surface area contributed by atoms with Crippen molar-refractivity contribution in [3.8, 4) is 0 Å². The van der Waals surface area contributed by atoms with Crippen molar-refractivity contribution in [3.05, 3.63) is 39.9 Å². The average molecular weight is 307 g/mol. The van der Waals surface area contributed by atoms with E-state index in [0.717, 1.165) is 28.8 Å². The molecule has 0 aliphatic rings. The fraction of sp³-hybridized carbons (Fsp3) is 0.250. The maximum Gasteiger partial charge on any atom is 0.251 e. The summed E-state index contributed by atoms with van der Waals surface area (Å²) in [5.41, 5.74) is 0.927. The molecule has 2 N–H and O–H groups in total. The maximum absolute atomic E-state index is 11.3. The highest BCUT2D eigenvalue weighted by Crippen LogP contribution is 2.29. The first-order valence-electron chi connectivity index (χ1n) is 6.16. The van der Waals surface area contributed by atoms with Crippen molar-refractivity contribution in [2.45, 2.75) is 23.7 Å². The van der Waals surface area contributed by atoms with Gasteiger partial charge >= 0.3 is 0 Å². The molecule has 3 rings (SSSR count). The summed E-state index contributed by atoms with van der Waals surface area (Å²) < 4.78 is 2.07. The first-order chi connectivity index (χ1) is 9.78. The summed E-state index contributed by atoms with van der Waals surface area (Å²) in [5, 5.41) is 6.74. The van der Waals surface area contributed by atoms with E-state index in [2.05, 4.69) is 31.6 Å². The standard InChI is InChI=1S/C12H13N5OS2/c1-2-13-7-8-10(16-12-17(8)5-6-19-12)20-11-14-4-3-9(18)15-11/h3-6,13H,2,7H2,1H3,(H,14,15,18). The molecule has 104 valence electrons. The van der Waals surface area contributed by atoms with Gasteiger partial charge in [-0.1, -0.05) is 6.92 Å². The van der Waals surface area contributed by atoms with Crippen molar-refractivity contribution in [1.82, 2.24) is 24.7 Å². The molecule has 0 aromatic carbocycles. The molecule has 3 aromatic rings. The van der Waals surface area contributed by atoms with Crippen LogP contribution >= 0.6 is 23.1 Å². The van der Waals surface area contributed by atoms with Crippen molar-refractivity contribution < 1.29 is 0 Å². The zero-order valence-corrected chi connectivity index (χ0v) is 12.4. The lowest BCUT2D eigenvalue weighted by Gasteiger charge is -2.03. The molecular weight excluding hydrogens is 294 g/mol. The largest absolute Gasteiger partial charge is 0.311 e. The van der Waals surface area contributed by atoms with E-state index in [1.165, 1.54) is 24.0 Å². The molecule has 0 unspecified atom stereocenters. The van der Waals surface area contributed by atoms with Gasteiger partial charge in [-0.25, -0.2) is 9.97 Å². The van der Waals surface area contributed by atoms with Crippen LogP contribution in [0.1, 0.15) is 12.6 Å². The Morgan fingerprint density at radius 3 is 3.25 bits per heavy atom. The van der Waals surface area contributed by atoms with Gasteiger partial charge in [0.2, 0.25) is 0 Å². The van der Waals surface area contributed by atoms with Crippen LogP contribution in [0.15, 0.2) is 38.8 Å². The fourth-order valence-electron chi connectivity index (χ4n) is 1.79. The van der Waals surface area contributed by atoms with E-state index in [0.29, 0.717) is 5.16 Å². The van der Waals surface area contributed by atoms with Crippen LogP contribution in [0.5, 0.6) is 0 Å². The Hall–Kier alpha value is -1.64. The van der Waals surface area contributed by atoms with Crippen molar-refractivity contribution in [2.24, 2.45) is 0 Å². The number of hydrogen-bond acceptors (Lipinski definition) is 6. The lowest BCUT2D eigenvalue weighted by atomic mass is 10.4. The smallest absolute Gasteiger partial charge is 0.251 e. The molecule has 0 saturated heterocycles. The highest BCUT2D eigenvalue weighted by molar-refractivity contribution is 7.99. The summed E-state index contributed by atoms with van der Waals surface area (Å²) >= 11 is 2.97. The zero-order valence-electron chi connectivity index (χ0n) is 10.8. The van der Waals surface area contributed by atoms with Crippen LogP contribution in [0.25, 0.3) is 4.96 Å². The molecule has 8 heteroatoms. The minimum atomic E-state index is -0.156. The van der Waals surface area contributed by atoms with Gasteiger partial charge in [0, 0.05) is 30.4 Å². The number of rotatable bonds is 5. The van der Waals surface area contributed by atoms with E-state index in [1.54, 1.807) is 11.3 Å². The second-order valence-corrected chi connectivity index (χ2v) is 5.89. The molecule has 3 aromatic heterocycles. The van der Waals surface area contributed by atoms with Gasteiger partial charge in [-0.2, -0.15) is 0 Å². The molecule has 0 fully saturated rings. The lowest BCUT2D eigenvalue weighted by Crippen LogP contribution is -2.14. The third-order valence-corrected chi connectivity index (χ3v) is 4.39. The molecule has 3 heterocycles. The molecule has 20 heavy (non-hydrogen) atoms. The van der Waals surface area contributed by atoms with E-state index < -0.39 is 0 Å². The number of nitrogens with one attached hydrogen (secondary N) is 2. The number of fused-ring (bicyclic) bond motifs is 1. The van der Waals surface area contributed by atoms with E-state index in [4.69, 9.17) is 0 Å². The molecule has 0 aliphatic heterocycles. The van der Waals surface area contributed by atoms with Crippen LogP contribution in [0.2, 0.25) is 0 Å². The molecule has 0 spiro atoms. The van der Waals surface area contributed by atoms with E-state index in [-0.39, 0.29) is 5.56 Å². The second kappa shape index (κ2) is 5.78. The normalized spacial score (nSPS) is 11.2. The Morgan fingerprint density at radius 1 is 1.55 bits per heavy atom. The van der Waals surface area contributed by atoms with Gasteiger partial charge in [0.05, 0.1) is 5.69 Å². The van der Waals surface area contributed by atoms with Crippen LogP contribution < -0.4 is 10.9 Å². The minimum Gasteiger partial charge on any atom is -0.311 e. The Kier molecular flexibility index (Phi) is 3.86. The summed E-state index contributed by atoms with van der Waals surface area (Å²) in [6.07, 6.45) is 3.51. The first kappa shape index (κ1) is 13.3. The van der Waals surface area contributed by atoms with E-state index in [9.17, 15) is 4.79 Å². The molecule has 0 aliphatic carbocycles. The Balaban J connectivity index is 1.97. The SMILES string of the molecule is CCNCc1c(Sc2nccc(=O)[nH]2)nc2sccn12. The predicted molar refractivity (Wildman–Crippen MR) is 79.4 cm³/mol. The van der Waals surface area contributed by atoms with Crippen LogP contribution in [0, 0.1) is 0 Å². The van der Waals surface area contributed by atoms with Gasteiger partial charge in [0.25, 0.3) is 5.56 Å². The minimum absolute atomic E-state index is 0.156. The third-order valence-electron chi connectivity index (χ3n) is 2.71. The molecule has 0 bridgehead atoms. The summed E-state index contributed by atoms with van der Waals surface area (Å²) in [4.78, 5) is 23.7. The summed E-state index contributed by atoms with van der Waals surface area (Å²) in [6, 6.07) is 1.40. The van der Waals surface area contributed by atoms with Gasteiger partial charge in [0.1, 0.15) is 5.03 Å². The molecule has 0 saturated carbocycles. The van der Waals surface area contributed by atoms with Crippen LogP contribution in [0.3, 0.4) is 0 Å². The molecule has 0 amide bonds. The van der Waals surface area contributed by atoms with Gasteiger partial charge in [-0.15, -0.1) is 11.3 Å². The molecule has 0 radical (unpaired) electrons. The number of nitrogens with zero attached hydrogens (tertiary/aromatic N) is 3. The predicted octanol–water partition coefficient (Wildman–Crippen LogP) is 1.74. The highest BCUT2D eigenvalue weighted by atomic mass is 32.2. The summed E-state index contributed by atoms with van der Waals surface area (Å²) in [5.74, 6) is 0. The lowest BCUT2D eigenvalue weighted by molar-refractivity contribution is 0.694. The van der Waals surface area contributed by atoms with Crippen LogP contribution in [-0.2, 0) is 6.54 Å². The topological polar surface area (TPSA) is 75.1 Å². The summed E-state index contributed by atoms with van der Waals surface area (Å²) in [6.45, 7) is 3.69. The van der Waals surface area contributed by atoms with Gasteiger partial charge in [-0.05, 0) is 18.3 Å². The van der Waals surface area contributed by atoms with Crippen molar-refractivity contribution in [1.29, 1.82) is 0 Å². The first-order valence-corrected chi connectivity index (χ1v) is 7.86. The van der Waals surface area contributed by atoms with Crippen molar-refractivity contribution in [3.63, 3.8) is 0 Å². The number of H-pyrrole nitrogens is 1. The summed E-state index contributed by atoms with van der Waals surface area (Å²) in [7, 11) is 0. The third kappa shape index (κ3) is 2.62. The number of aromatic nitrogens is 4. The Labute approximate surface area is 123 Å².